The number of rotatable bonds is 38. The number of hydrogen-bond donors (Lipinski definition) is 2. The second-order valence-corrected chi connectivity index (χ2v) is 14.6. The molecule has 2 atom stereocenters. The molecule has 0 rings (SSSR count). The molecule has 0 radical (unpaired) electrons. The van der Waals surface area contributed by atoms with Gasteiger partial charge in [-0.25, -0.2) is 4.57 Å². The molecule has 3 N–H and O–H groups in total. The summed E-state index contributed by atoms with van der Waals surface area (Å²) < 4.78 is 33.3. The van der Waals surface area contributed by atoms with Crippen LogP contribution in [0.2, 0.25) is 0 Å². The van der Waals surface area contributed by atoms with Gasteiger partial charge in [0.15, 0.2) is 0 Å². The molecular weight excluding hydrogens is 673 g/mol. The molecular formula is C43H76NO7P. The third kappa shape index (κ3) is 39.2. The van der Waals surface area contributed by atoms with E-state index in [4.69, 9.17) is 24.3 Å². The van der Waals surface area contributed by atoms with E-state index in [0.717, 1.165) is 83.5 Å². The summed E-state index contributed by atoms with van der Waals surface area (Å²) in [6.45, 7) is 4.71. The van der Waals surface area contributed by atoms with E-state index in [1.54, 1.807) is 0 Å². The van der Waals surface area contributed by atoms with Crippen LogP contribution in [-0.4, -0.2) is 49.9 Å². The highest BCUT2D eigenvalue weighted by atomic mass is 31.2. The quantitative estimate of drug-likeness (QED) is 0.0277. The first-order valence-electron chi connectivity index (χ1n) is 20.4. The van der Waals surface area contributed by atoms with Gasteiger partial charge in [0.05, 0.1) is 19.8 Å². The van der Waals surface area contributed by atoms with Gasteiger partial charge in [-0.1, -0.05) is 145 Å². The normalized spacial score (nSPS) is 14.3. The number of phosphoric ester groups is 1. The number of allylic oxidation sites excluding steroid dienone is 12. The Morgan fingerprint density at radius 3 is 1.63 bits per heavy atom. The maximum atomic E-state index is 12.6. The fraction of sp³-hybridized carbons (Fsp3) is 0.698. The molecule has 8 nitrogen and oxygen atoms in total. The molecule has 300 valence electrons. The summed E-state index contributed by atoms with van der Waals surface area (Å²) in [5.41, 5.74) is 5.36. The van der Waals surface area contributed by atoms with Gasteiger partial charge in [0, 0.05) is 19.6 Å². The molecule has 0 heterocycles. The van der Waals surface area contributed by atoms with Crippen LogP contribution in [-0.2, 0) is 27.9 Å². The number of hydrogen-bond acceptors (Lipinski definition) is 7. The first-order chi connectivity index (χ1) is 25.4. The maximum Gasteiger partial charge on any atom is 0.472 e. The number of ether oxygens (including phenoxy) is 2. The summed E-state index contributed by atoms with van der Waals surface area (Å²) in [4.78, 5) is 22.4. The van der Waals surface area contributed by atoms with Gasteiger partial charge < -0.3 is 20.1 Å². The number of phosphoric acid groups is 1. The van der Waals surface area contributed by atoms with Crippen LogP contribution in [0, 0.1) is 0 Å². The van der Waals surface area contributed by atoms with Crippen molar-refractivity contribution in [2.45, 2.75) is 161 Å². The van der Waals surface area contributed by atoms with Gasteiger partial charge in [0.25, 0.3) is 0 Å². The second-order valence-electron chi connectivity index (χ2n) is 13.1. The Labute approximate surface area is 318 Å². The molecule has 0 aromatic heterocycles. The Morgan fingerprint density at radius 1 is 0.596 bits per heavy atom. The number of carbonyl (C=O) groups excluding carboxylic acids is 1. The van der Waals surface area contributed by atoms with Crippen LogP contribution in [0.4, 0.5) is 0 Å². The fourth-order valence-corrected chi connectivity index (χ4v) is 5.89. The molecule has 0 saturated heterocycles. The van der Waals surface area contributed by atoms with Crippen molar-refractivity contribution in [3.8, 4) is 0 Å². The first-order valence-corrected chi connectivity index (χ1v) is 21.9. The van der Waals surface area contributed by atoms with Gasteiger partial charge in [-0.3, -0.25) is 13.8 Å². The largest absolute Gasteiger partial charge is 0.472 e. The lowest BCUT2D eigenvalue weighted by Crippen LogP contribution is -2.28. The summed E-state index contributed by atoms with van der Waals surface area (Å²) in [7, 11) is -4.28. The van der Waals surface area contributed by atoms with Crippen molar-refractivity contribution in [2.75, 3.05) is 33.0 Å². The van der Waals surface area contributed by atoms with E-state index in [-0.39, 0.29) is 32.3 Å². The average Bonchev–Trinajstić information content (AvgIpc) is 3.13. The highest BCUT2D eigenvalue weighted by Crippen LogP contribution is 2.43. The minimum Gasteiger partial charge on any atom is -0.457 e. The van der Waals surface area contributed by atoms with E-state index in [1.165, 1.54) is 51.4 Å². The molecule has 0 aliphatic rings. The summed E-state index contributed by atoms with van der Waals surface area (Å²) in [6.07, 6.45) is 49.1. The van der Waals surface area contributed by atoms with Crippen LogP contribution < -0.4 is 5.73 Å². The molecule has 0 bridgehead atoms. The first kappa shape index (κ1) is 49.9. The van der Waals surface area contributed by atoms with E-state index in [2.05, 4.69) is 86.8 Å². The summed E-state index contributed by atoms with van der Waals surface area (Å²) in [5.74, 6) is -0.355. The SMILES string of the molecule is CC/C=C\C/C=C\C/C=C\C/C=C\C/C=C\CCCCCCCC(=O)OC(COCCCCCCCC/C=C\CCCC)COP(=O)(O)OCCN. The van der Waals surface area contributed by atoms with E-state index < -0.39 is 13.9 Å². The smallest absolute Gasteiger partial charge is 0.457 e. The van der Waals surface area contributed by atoms with Gasteiger partial charge in [-0.15, -0.1) is 0 Å². The highest BCUT2D eigenvalue weighted by Gasteiger charge is 2.25. The topological polar surface area (TPSA) is 117 Å². The number of nitrogens with two attached hydrogens (primary N) is 1. The number of unbranched alkanes of at least 4 members (excludes halogenated alkanes) is 13. The molecule has 0 aromatic carbocycles. The fourth-order valence-electron chi connectivity index (χ4n) is 5.12. The second kappa shape index (κ2) is 40.1. The lowest BCUT2D eigenvalue weighted by molar-refractivity contribution is -0.154. The molecule has 52 heavy (non-hydrogen) atoms. The van der Waals surface area contributed by atoms with Crippen LogP contribution in [0.15, 0.2) is 72.9 Å². The Balaban J connectivity index is 4.11. The molecule has 0 amide bonds. The third-order valence-corrected chi connectivity index (χ3v) is 9.09. The van der Waals surface area contributed by atoms with Crippen LogP contribution in [0.3, 0.4) is 0 Å². The summed E-state index contributed by atoms with van der Waals surface area (Å²) >= 11 is 0. The van der Waals surface area contributed by atoms with Crippen LogP contribution >= 0.6 is 7.82 Å². The predicted octanol–water partition coefficient (Wildman–Crippen LogP) is 12.0. The zero-order chi connectivity index (χ0) is 38.1. The Kier molecular flexibility index (Phi) is 38.5. The Bertz CT molecular complexity index is 1020. The van der Waals surface area contributed by atoms with E-state index in [9.17, 15) is 14.3 Å². The zero-order valence-electron chi connectivity index (χ0n) is 33.0. The van der Waals surface area contributed by atoms with Gasteiger partial charge >= 0.3 is 13.8 Å². The van der Waals surface area contributed by atoms with Crippen molar-refractivity contribution in [2.24, 2.45) is 5.73 Å². The van der Waals surface area contributed by atoms with Crippen molar-refractivity contribution >= 4 is 13.8 Å². The van der Waals surface area contributed by atoms with Crippen LogP contribution in [0.25, 0.3) is 0 Å². The maximum absolute atomic E-state index is 12.6. The zero-order valence-corrected chi connectivity index (χ0v) is 33.9. The molecule has 0 aromatic rings. The van der Waals surface area contributed by atoms with Crippen molar-refractivity contribution in [3.05, 3.63) is 72.9 Å². The van der Waals surface area contributed by atoms with Gasteiger partial charge in [0.2, 0.25) is 0 Å². The van der Waals surface area contributed by atoms with Gasteiger partial charge in [-0.05, 0) is 77.0 Å². The third-order valence-electron chi connectivity index (χ3n) is 8.11. The van der Waals surface area contributed by atoms with E-state index in [0.29, 0.717) is 13.0 Å². The van der Waals surface area contributed by atoms with Crippen molar-refractivity contribution < 1.29 is 32.8 Å². The van der Waals surface area contributed by atoms with Crippen molar-refractivity contribution in [1.29, 1.82) is 0 Å². The molecule has 0 saturated carbocycles. The lowest BCUT2D eigenvalue weighted by atomic mass is 10.1. The Morgan fingerprint density at radius 2 is 1.08 bits per heavy atom. The van der Waals surface area contributed by atoms with E-state index >= 15 is 0 Å². The molecule has 9 heteroatoms. The van der Waals surface area contributed by atoms with Crippen LogP contribution in [0.5, 0.6) is 0 Å². The monoisotopic (exact) mass is 750 g/mol. The Hall–Kier alpha value is -2.06. The van der Waals surface area contributed by atoms with E-state index in [1.807, 2.05) is 0 Å². The standard InChI is InChI=1S/C43H76NO7P/c1-3-5-7-9-11-13-15-17-18-19-20-21-22-23-24-25-26-28-30-32-34-36-43(45)51-42(41-50-52(46,47)49-39-37-44)40-48-38-35-33-31-29-27-16-14-12-10-8-6-4-2/h5,7,10-13,17-18,20-21,23-24,42H,3-4,6,8-9,14-16,19,22,25-41,44H2,1-2H3,(H,46,47)/b7-5-,12-10-,13-11-,18-17-,21-20-,24-23-. The highest BCUT2D eigenvalue weighted by molar-refractivity contribution is 7.47. The van der Waals surface area contributed by atoms with Gasteiger partial charge in [0.1, 0.15) is 6.10 Å². The van der Waals surface area contributed by atoms with Crippen LogP contribution in [0.1, 0.15) is 155 Å². The molecule has 0 fully saturated rings. The van der Waals surface area contributed by atoms with Gasteiger partial charge in [-0.2, -0.15) is 0 Å². The minimum absolute atomic E-state index is 0.0922. The molecule has 0 aliphatic heterocycles. The molecule has 0 spiro atoms. The number of esters is 1. The summed E-state index contributed by atoms with van der Waals surface area (Å²) in [5, 5.41) is 0. The van der Waals surface area contributed by atoms with Crippen molar-refractivity contribution in [3.63, 3.8) is 0 Å². The molecule has 0 aliphatic carbocycles. The lowest BCUT2D eigenvalue weighted by Gasteiger charge is -2.20. The number of carbonyl (C=O) groups is 1. The summed E-state index contributed by atoms with van der Waals surface area (Å²) in [6, 6.07) is 0. The minimum atomic E-state index is -4.28. The average molecular weight is 750 g/mol. The predicted molar refractivity (Wildman–Crippen MR) is 219 cm³/mol. The van der Waals surface area contributed by atoms with Crippen molar-refractivity contribution in [1.82, 2.24) is 0 Å². The molecule has 2 unspecified atom stereocenters.